The molecule has 0 radical (unpaired) electrons. The summed E-state index contributed by atoms with van der Waals surface area (Å²) in [6.07, 6.45) is 1.81. The van der Waals surface area contributed by atoms with Crippen LogP contribution in [0.2, 0.25) is 0 Å². The van der Waals surface area contributed by atoms with Gasteiger partial charge in [0.2, 0.25) is 11.7 Å². The van der Waals surface area contributed by atoms with Gasteiger partial charge in [-0.3, -0.25) is 14.4 Å². The van der Waals surface area contributed by atoms with Crippen LogP contribution >= 0.6 is 0 Å². The summed E-state index contributed by atoms with van der Waals surface area (Å²) in [6.45, 7) is 10.7. The van der Waals surface area contributed by atoms with Gasteiger partial charge in [0.05, 0.1) is 12.6 Å². The van der Waals surface area contributed by atoms with Gasteiger partial charge in [-0.05, 0) is 33.1 Å². The van der Waals surface area contributed by atoms with E-state index in [0.717, 1.165) is 6.42 Å². The van der Waals surface area contributed by atoms with E-state index in [2.05, 4.69) is 16.0 Å². The molecule has 0 saturated carbocycles. The van der Waals surface area contributed by atoms with Gasteiger partial charge in [-0.25, -0.2) is 4.79 Å². The second-order valence-corrected chi connectivity index (χ2v) is 7.55. The van der Waals surface area contributed by atoms with E-state index in [4.69, 9.17) is 5.11 Å². The molecule has 0 rings (SSSR count). The molecule has 0 saturated heterocycles. The zero-order chi connectivity index (χ0) is 20.5. The third-order valence-electron chi connectivity index (χ3n) is 3.93. The summed E-state index contributed by atoms with van der Waals surface area (Å²) in [5.41, 5.74) is -0.335. The molecule has 8 nitrogen and oxygen atoms in total. The Labute approximate surface area is 155 Å². The van der Waals surface area contributed by atoms with E-state index in [1.165, 1.54) is 0 Å². The summed E-state index contributed by atoms with van der Waals surface area (Å²) >= 11 is 0. The van der Waals surface area contributed by atoms with Crippen molar-refractivity contribution in [3.63, 3.8) is 0 Å². The highest BCUT2D eigenvalue weighted by molar-refractivity contribution is 6.38. The van der Waals surface area contributed by atoms with E-state index in [-0.39, 0.29) is 11.5 Å². The Hall–Kier alpha value is -1.96. The van der Waals surface area contributed by atoms with Crippen molar-refractivity contribution in [1.29, 1.82) is 0 Å². The van der Waals surface area contributed by atoms with Gasteiger partial charge >= 0.3 is 5.97 Å². The van der Waals surface area contributed by atoms with Crippen molar-refractivity contribution >= 4 is 23.6 Å². The molecule has 3 atom stereocenters. The van der Waals surface area contributed by atoms with Crippen LogP contribution in [-0.4, -0.2) is 52.8 Å². The fourth-order valence-electron chi connectivity index (χ4n) is 2.39. The average Bonchev–Trinajstić information content (AvgIpc) is 2.54. The van der Waals surface area contributed by atoms with Crippen molar-refractivity contribution in [2.75, 3.05) is 6.54 Å². The number of carboxylic acids is 1. The van der Waals surface area contributed by atoms with E-state index < -0.39 is 42.2 Å². The summed E-state index contributed by atoms with van der Waals surface area (Å²) in [5.74, 6) is -3.52. The van der Waals surface area contributed by atoms with Crippen molar-refractivity contribution in [2.24, 2.45) is 5.92 Å². The SMILES string of the molecule is CCCC(NC(C)(C)C)C(=O)C(=O)NCC(=O)NC(C(=O)O)C(C)CC. The van der Waals surface area contributed by atoms with Crippen LogP contribution in [0.1, 0.15) is 60.8 Å². The molecule has 2 amide bonds. The Morgan fingerprint density at radius 2 is 1.65 bits per heavy atom. The predicted molar refractivity (Wildman–Crippen MR) is 98.6 cm³/mol. The van der Waals surface area contributed by atoms with E-state index in [9.17, 15) is 19.2 Å². The number of aliphatic carboxylic acids is 1. The number of hydrogen-bond acceptors (Lipinski definition) is 5. The molecule has 0 aromatic rings. The molecule has 0 spiro atoms. The molecule has 26 heavy (non-hydrogen) atoms. The van der Waals surface area contributed by atoms with Gasteiger partial charge in [0.25, 0.3) is 5.91 Å². The number of carbonyl (C=O) groups is 4. The molecule has 0 heterocycles. The van der Waals surface area contributed by atoms with E-state index in [1.807, 2.05) is 34.6 Å². The summed E-state index contributed by atoms with van der Waals surface area (Å²) < 4.78 is 0. The largest absolute Gasteiger partial charge is 0.480 e. The van der Waals surface area contributed by atoms with Gasteiger partial charge in [-0.1, -0.05) is 33.6 Å². The van der Waals surface area contributed by atoms with Gasteiger partial charge < -0.3 is 21.1 Å². The summed E-state index contributed by atoms with van der Waals surface area (Å²) in [4.78, 5) is 47.5. The zero-order valence-electron chi connectivity index (χ0n) is 16.6. The van der Waals surface area contributed by atoms with Crippen molar-refractivity contribution in [3.8, 4) is 0 Å². The minimum Gasteiger partial charge on any atom is -0.480 e. The van der Waals surface area contributed by atoms with Crippen LogP contribution in [0.3, 0.4) is 0 Å². The van der Waals surface area contributed by atoms with Crippen LogP contribution in [0.5, 0.6) is 0 Å². The topological polar surface area (TPSA) is 125 Å². The molecule has 0 aliphatic heterocycles. The number of Topliss-reactive ketones (excluding diaryl/α,β-unsaturated/α-hetero) is 1. The van der Waals surface area contributed by atoms with Crippen molar-refractivity contribution in [2.45, 2.75) is 78.4 Å². The van der Waals surface area contributed by atoms with Crippen LogP contribution in [0.4, 0.5) is 0 Å². The van der Waals surface area contributed by atoms with E-state index >= 15 is 0 Å². The highest BCUT2D eigenvalue weighted by Gasteiger charge is 2.29. The standard InChI is InChI=1S/C18H33N3O5/c1-7-9-12(21-18(4,5)6)15(23)16(24)19-10-13(22)20-14(17(25)26)11(3)8-2/h11-12,14,21H,7-10H2,1-6H3,(H,19,24)(H,20,22)(H,25,26). The number of ketones is 1. The lowest BCUT2D eigenvalue weighted by atomic mass is 9.99. The van der Waals surface area contributed by atoms with Crippen LogP contribution in [0.15, 0.2) is 0 Å². The molecule has 0 aliphatic rings. The summed E-state index contributed by atoms with van der Waals surface area (Å²) in [5, 5.41) is 16.9. The van der Waals surface area contributed by atoms with Crippen LogP contribution in [0.25, 0.3) is 0 Å². The number of amides is 2. The summed E-state index contributed by atoms with van der Waals surface area (Å²) in [7, 11) is 0. The smallest absolute Gasteiger partial charge is 0.326 e. The Kier molecular flexibility index (Phi) is 10.1. The Bertz CT molecular complexity index is 513. The Morgan fingerprint density at radius 1 is 1.08 bits per heavy atom. The van der Waals surface area contributed by atoms with Crippen molar-refractivity contribution in [1.82, 2.24) is 16.0 Å². The molecular formula is C18H33N3O5. The Balaban J connectivity index is 4.72. The monoisotopic (exact) mass is 371 g/mol. The van der Waals surface area contributed by atoms with Gasteiger partial charge in [0, 0.05) is 5.54 Å². The first-order valence-electron chi connectivity index (χ1n) is 9.04. The first kappa shape index (κ1) is 24.0. The van der Waals surface area contributed by atoms with Crippen molar-refractivity contribution in [3.05, 3.63) is 0 Å². The number of nitrogens with one attached hydrogen (secondary N) is 3. The molecule has 150 valence electrons. The lowest BCUT2D eigenvalue weighted by Gasteiger charge is -2.27. The Morgan fingerprint density at radius 3 is 2.08 bits per heavy atom. The quantitative estimate of drug-likeness (QED) is 0.399. The lowest BCUT2D eigenvalue weighted by molar-refractivity contribution is -0.143. The third-order valence-corrected chi connectivity index (χ3v) is 3.93. The number of carbonyl (C=O) groups excluding carboxylic acids is 3. The van der Waals surface area contributed by atoms with Gasteiger partial charge in [-0.15, -0.1) is 0 Å². The van der Waals surface area contributed by atoms with Gasteiger partial charge in [0.15, 0.2) is 0 Å². The van der Waals surface area contributed by atoms with Gasteiger partial charge in [-0.2, -0.15) is 0 Å². The first-order valence-corrected chi connectivity index (χ1v) is 9.04. The number of hydrogen-bond donors (Lipinski definition) is 4. The maximum absolute atomic E-state index is 12.3. The second kappa shape index (κ2) is 10.9. The van der Waals surface area contributed by atoms with Crippen LogP contribution < -0.4 is 16.0 Å². The highest BCUT2D eigenvalue weighted by Crippen LogP contribution is 2.08. The van der Waals surface area contributed by atoms with Crippen molar-refractivity contribution < 1.29 is 24.3 Å². The highest BCUT2D eigenvalue weighted by atomic mass is 16.4. The predicted octanol–water partition coefficient (Wildman–Crippen LogP) is 0.844. The number of rotatable bonds is 11. The van der Waals surface area contributed by atoms with E-state index in [0.29, 0.717) is 12.8 Å². The minimum atomic E-state index is -1.13. The first-order chi connectivity index (χ1) is 11.9. The average molecular weight is 371 g/mol. The maximum atomic E-state index is 12.3. The van der Waals surface area contributed by atoms with Crippen LogP contribution in [0, 0.1) is 5.92 Å². The summed E-state index contributed by atoms with van der Waals surface area (Å²) in [6, 6.07) is -1.66. The number of carboxylic acid groups (broad SMARTS) is 1. The molecular weight excluding hydrogens is 338 g/mol. The normalized spacial score (nSPS) is 14.8. The second-order valence-electron chi connectivity index (χ2n) is 7.55. The lowest BCUT2D eigenvalue weighted by Crippen LogP contribution is -2.53. The molecule has 0 aromatic heterocycles. The van der Waals surface area contributed by atoms with E-state index in [1.54, 1.807) is 6.92 Å². The molecule has 3 unspecified atom stereocenters. The minimum absolute atomic E-state index is 0.251. The molecule has 8 heteroatoms. The molecule has 0 aromatic carbocycles. The van der Waals surface area contributed by atoms with Crippen LogP contribution in [-0.2, 0) is 19.2 Å². The molecule has 0 aliphatic carbocycles. The molecule has 0 bridgehead atoms. The fraction of sp³-hybridized carbons (Fsp3) is 0.778. The molecule has 4 N–H and O–H groups in total. The third kappa shape index (κ3) is 8.94. The zero-order valence-corrected chi connectivity index (χ0v) is 16.6. The molecule has 0 fully saturated rings. The fourth-order valence-corrected chi connectivity index (χ4v) is 2.39. The van der Waals surface area contributed by atoms with Gasteiger partial charge in [0.1, 0.15) is 6.04 Å². The maximum Gasteiger partial charge on any atom is 0.326 e.